The molecule has 12 aromatic rings. The molecular weight excluding hydrogens is 717 g/mol. The van der Waals surface area contributed by atoms with Crippen LogP contribution in [0.2, 0.25) is 0 Å². The zero-order chi connectivity index (χ0) is 37.5. The van der Waals surface area contributed by atoms with Gasteiger partial charge in [0.15, 0.2) is 17.5 Å². The number of para-hydroxylation sites is 2. The van der Waals surface area contributed by atoms with Gasteiger partial charge in [-0.15, -0.1) is 11.3 Å². The summed E-state index contributed by atoms with van der Waals surface area (Å²) in [6.07, 6.45) is 0. The van der Waals surface area contributed by atoms with Crippen LogP contribution in [-0.2, 0) is 0 Å². The Kier molecular flexibility index (Phi) is 7.03. The standard InChI is InChI=1S/C51H30N4OS/c1-3-13-31(14-4-1)32-15-11-16-33(29-32)49-52-50(54-51(53-49)39-21-12-24-45-46(39)38-20-8-10-23-44(38)57-45)34-25-27-42-40(30-34)47-43(56-42)28-26-37-36-19-7-9-22-41(36)55(48(37)47)35-17-5-2-6-18-35/h1-30H. The van der Waals surface area contributed by atoms with Crippen LogP contribution in [0.1, 0.15) is 0 Å². The van der Waals surface area contributed by atoms with Crippen LogP contribution in [0, 0.1) is 0 Å². The lowest BCUT2D eigenvalue weighted by atomic mass is 10.0. The molecule has 8 aromatic carbocycles. The highest BCUT2D eigenvalue weighted by atomic mass is 32.1. The number of rotatable bonds is 5. The van der Waals surface area contributed by atoms with Gasteiger partial charge in [0.05, 0.1) is 16.4 Å². The van der Waals surface area contributed by atoms with E-state index in [1.54, 1.807) is 11.3 Å². The minimum absolute atomic E-state index is 0.601. The van der Waals surface area contributed by atoms with Crippen molar-refractivity contribution in [3.8, 4) is 51.0 Å². The van der Waals surface area contributed by atoms with Crippen LogP contribution in [0.25, 0.3) is 115 Å². The second-order valence-corrected chi connectivity index (χ2v) is 15.4. The summed E-state index contributed by atoms with van der Waals surface area (Å²) in [6, 6.07) is 63.7. The second-order valence-electron chi connectivity index (χ2n) is 14.4. The number of furan rings is 1. The van der Waals surface area contributed by atoms with Crippen molar-refractivity contribution < 1.29 is 4.42 Å². The quantitative estimate of drug-likeness (QED) is 0.176. The maximum atomic E-state index is 6.59. The van der Waals surface area contributed by atoms with Gasteiger partial charge >= 0.3 is 0 Å². The summed E-state index contributed by atoms with van der Waals surface area (Å²) in [5, 5.41) is 6.80. The van der Waals surface area contributed by atoms with E-state index in [-0.39, 0.29) is 0 Å². The van der Waals surface area contributed by atoms with E-state index < -0.39 is 0 Å². The van der Waals surface area contributed by atoms with Crippen molar-refractivity contribution >= 4 is 75.3 Å². The lowest BCUT2D eigenvalue weighted by molar-refractivity contribution is 0.669. The lowest BCUT2D eigenvalue weighted by Crippen LogP contribution is -2.00. The topological polar surface area (TPSA) is 56.7 Å². The highest BCUT2D eigenvalue weighted by Crippen LogP contribution is 2.43. The molecule has 0 saturated heterocycles. The minimum Gasteiger partial charge on any atom is -0.456 e. The molecule has 0 atom stereocenters. The molecule has 57 heavy (non-hydrogen) atoms. The average Bonchev–Trinajstić information content (AvgIpc) is 3.96. The van der Waals surface area contributed by atoms with E-state index in [1.165, 1.54) is 25.6 Å². The summed E-state index contributed by atoms with van der Waals surface area (Å²) in [4.78, 5) is 15.8. The summed E-state index contributed by atoms with van der Waals surface area (Å²) >= 11 is 1.79. The zero-order valence-corrected chi connectivity index (χ0v) is 31.2. The van der Waals surface area contributed by atoms with E-state index in [0.29, 0.717) is 17.5 Å². The van der Waals surface area contributed by atoms with E-state index in [9.17, 15) is 0 Å². The fourth-order valence-corrected chi connectivity index (χ4v) is 9.62. The van der Waals surface area contributed by atoms with E-state index in [0.717, 1.165) is 71.9 Å². The Bertz CT molecular complexity index is 3530. The molecule has 0 aliphatic rings. The third-order valence-corrected chi connectivity index (χ3v) is 12.2. The van der Waals surface area contributed by atoms with E-state index >= 15 is 0 Å². The molecule has 4 heterocycles. The Labute approximate surface area is 330 Å². The van der Waals surface area contributed by atoms with Gasteiger partial charge in [-0.3, -0.25) is 0 Å². The first-order valence-electron chi connectivity index (χ1n) is 19.0. The van der Waals surface area contributed by atoms with E-state index in [4.69, 9.17) is 19.4 Å². The molecule has 0 radical (unpaired) electrons. The first-order valence-corrected chi connectivity index (χ1v) is 19.8. The molecule has 12 rings (SSSR count). The molecule has 0 unspecified atom stereocenters. The molecular formula is C51H30N4OS. The van der Waals surface area contributed by atoms with Crippen molar-refractivity contribution in [3.63, 3.8) is 0 Å². The predicted octanol–water partition coefficient (Wildman–Crippen LogP) is 13.9. The first kappa shape index (κ1) is 31.9. The van der Waals surface area contributed by atoms with Gasteiger partial charge in [0, 0.05) is 58.7 Å². The fourth-order valence-electron chi connectivity index (χ4n) is 8.49. The van der Waals surface area contributed by atoms with Crippen LogP contribution in [0.4, 0.5) is 0 Å². The number of benzene rings is 8. The number of thiophene rings is 1. The van der Waals surface area contributed by atoms with Crippen LogP contribution in [0.3, 0.4) is 0 Å². The molecule has 0 aliphatic carbocycles. The van der Waals surface area contributed by atoms with E-state index in [2.05, 4.69) is 180 Å². The third-order valence-electron chi connectivity index (χ3n) is 11.0. The zero-order valence-electron chi connectivity index (χ0n) is 30.4. The van der Waals surface area contributed by atoms with Gasteiger partial charge in [-0.25, -0.2) is 15.0 Å². The summed E-state index contributed by atoms with van der Waals surface area (Å²) in [7, 11) is 0. The van der Waals surface area contributed by atoms with Crippen molar-refractivity contribution in [2.75, 3.05) is 0 Å². The third kappa shape index (κ3) is 5.04. The van der Waals surface area contributed by atoms with Gasteiger partial charge in [-0.1, -0.05) is 115 Å². The normalized spacial score (nSPS) is 11.9. The number of fused-ring (bicyclic) bond motifs is 10. The number of hydrogen-bond acceptors (Lipinski definition) is 5. The number of nitrogens with zero attached hydrogens (tertiary/aromatic N) is 4. The SMILES string of the molecule is c1ccc(-c2cccc(-c3nc(-c4ccc5oc6ccc7c8ccccc8n(-c8ccccc8)c7c6c5c4)nc(-c4cccc5sc6ccccc6c45)n3)c2)cc1. The molecule has 4 aromatic heterocycles. The fraction of sp³-hybridized carbons (Fsp3) is 0. The van der Waals surface area contributed by atoms with Crippen molar-refractivity contribution in [2.45, 2.75) is 0 Å². The molecule has 5 nitrogen and oxygen atoms in total. The molecule has 266 valence electrons. The monoisotopic (exact) mass is 746 g/mol. The molecule has 0 bridgehead atoms. The van der Waals surface area contributed by atoms with Gasteiger partial charge in [-0.05, 0) is 77.9 Å². The molecule has 0 saturated carbocycles. The number of aromatic nitrogens is 4. The summed E-state index contributed by atoms with van der Waals surface area (Å²) in [6.45, 7) is 0. The molecule has 0 amide bonds. The highest BCUT2D eigenvalue weighted by Gasteiger charge is 2.21. The van der Waals surface area contributed by atoms with Crippen LogP contribution < -0.4 is 0 Å². The van der Waals surface area contributed by atoms with Crippen LogP contribution in [-0.4, -0.2) is 19.5 Å². The van der Waals surface area contributed by atoms with Crippen molar-refractivity contribution in [1.82, 2.24) is 19.5 Å². The lowest BCUT2D eigenvalue weighted by Gasteiger charge is -2.11. The second kappa shape index (κ2) is 12.6. The first-order chi connectivity index (χ1) is 28.2. The number of hydrogen-bond donors (Lipinski definition) is 0. The Morgan fingerprint density at radius 2 is 1.05 bits per heavy atom. The Balaban J connectivity index is 1.12. The molecule has 0 spiro atoms. The van der Waals surface area contributed by atoms with Crippen LogP contribution in [0.15, 0.2) is 186 Å². The average molecular weight is 747 g/mol. The summed E-state index contributed by atoms with van der Waals surface area (Å²) in [5.74, 6) is 1.86. The molecule has 0 fully saturated rings. The largest absolute Gasteiger partial charge is 0.456 e. The van der Waals surface area contributed by atoms with Gasteiger partial charge < -0.3 is 8.98 Å². The molecule has 0 N–H and O–H groups in total. The Hall–Kier alpha value is -7.41. The minimum atomic E-state index is 0.601. The van der Waals surface area contributed by atoms with Gasteiger partial charge in [0.25, 0.3) is 0 Å². The van der Waals surface area contributed by atoms with Crippen molar-refractivity contribution in [3.05, 3.63) is 182 Å². The molecule has 6 heteroatoms. The molecule has 0 aliphatic heterocycles. The summed E-state index contributed by atoms with van der Waals surface area (Å²) in [5.41, 5.74) is 10.0. The van der Waals surface area contributed by atoms with E-state index in [1.807, 2.05) is 6.07 Å². The maximum Gasteiger partial charge on any atom is 0.164 e. The van der Waals surface area contributed by atoms with Crippen LogP contribution in [0.5, 0.6) is 0 Å². The predicted molar refractivity (Wildman–Crippen MR) is 236 cm³/mol. The summed E-state index contributed by atoms with van der Waals surface area (Å²) < 4.78 is 11.4. The van der Waals surface area contributed by atoms with Crippen molar-refractivity contribution in [2.24, 2.45) is 0 Å². The maximum absolute atomic E-state index is 6.59. The Morgan fingerprint density at radius 3 is 1.91 bits per heavy atom. The van der Waals surface area contributed by atoms with Gasteiger partial charge in [0.1, 0.15) is 11.2 Å². The Morgan fingerprint density at radius 1 is 0.404 bits per heavy atom. The van der Waals surface area contributed by atoms with Crippen molar-refractivity contribution in [1.29, 1.82) is 0 Å². The van der Waals surface area contributed by atoms with Gasteiger partial charge in [0.2, 0.25) is 0 Å². The smallest absolute Gasteiger partial charge is 0.164 e. The van der Waals surface area contributed by atoms with Crippen LogP contribution >= 0.6 is 11.3 Å². The van der Waals surface area contributed by atoms with Gasteiger partial charge in [-0.2, -0.15) is 0 Å². The highest BCUT2D eigenvalue weighted by molar-refractivity contribution is 7.25.